The molecule has 2 atom stereocenters. The third-order valence-electron chi connectivity index (χ3n) is 2.02. The first-order chi connectivity index (χ1) is 7.01. The van der Waals surface area contributed by atoms with Crippen LogP contribution in [-0.2, 0) is 14.3 Å². The second-order valence-electron chi connectivity index (χ2n) is 3.20. The Bertz CT molecular complexity index is 216. The van der Waals surface area contributed by atoms with E-state index in [1.807, 2.05) is 6.92 Å². The molecule has 0 aliphatic carbocycles. The van der Waals surface area contributed by atoms with Gasteiger partial charge in [0.05, 0.1) is 0 Å². The van der Waals surface area contributed by atoms with Gasteiger partial charge in [0.25, 0.3) is 0 Å². The summed E-state index contributed by atoms with van der Waals surface area (Å²) < 4.78 is 5.00. The number of carbonyl (C=O) groups excluding carboxylic acids is 1. The van der Waals surface area contributed by atoms with Crippen LogP contribution in [0.5, 0.6) is 0 Å². The number of nitrogens with two attached hydrogens (primary N) is 1. The van der Waals surface area contributed by atoms with E-state index in [1.54, 1.807) is 0 Å². The molecule has 0 bridgehead atoms. The second kappa shape index (κ2) is 7.19. The Morgan fingerprint density at radius 1 is 1.53 bits per heavy atom. The van der Waals surface area contributed by atoms with Crippen LogP contribution in [0.15, 0.2) is 0 Å². The molecule has 6 nitrogen and oxygen atoms in total. The van der Waals surface area contributed by atoms with Crippen LogP contribution in [0.1, 0.15) is 26.2 Å². The molecule has 6 heteroatoms. The molecule has 0 saturated heterocycles. The third kappa shape index (κ3) is 6.03. The quantitative estimate of drug-likeness (QED) is 0.484. The van der Waals surface area contributed by atoms with Gasteiger partial charge in [0, 0.05) is 13.5 Å². The standard InChI is InChI=1S/C9H18N2O4/c1-3-8(15-2)11-6(9(13)14)4-5-7(10)12/h6,8,11H,3-5H2,1-2H3,(H2,10,12)(H,13,14). The molecule has 0 aliphatic heterocycles. The fourth-order valence-electron chi connectivity index (χ4n) is 1.14. The predicted octanol–water partition coefficient (Wildman–Crippen LogP) is -0.323. The molecule has 0 aromatic carbocycles. The largest absolute Gasteiger partial charge is 0.480 e. The van der Waals surface area contributed by atoms with Gasteiger partial charge < -0.3 is 15.6 Å². The molecular formula is C9H18N2O4. The lowest BCUT2D eigenvalue weighted by Gasteiger charge is -2.20. The molecule has 0 heterocycles. The maximum absolute atomic E-state index is 10.8. The number of methoxy groups -OCH3 is 1. The van der Waals surface area contributed by atoms with Crippen LogP contribution in [0.2, 0.25) is 0 Å². The zero-order valence-electron chi connectivity index (χ0n) is 9.03. The Hall–Kier alpha value is -1.14. The summed E-state index contributed by atoms with van der Waals surface area (Å²) in [5, 5.41) is 11.6. The Labute approximate surface area is 88.8 Å². The number of hydrogen-bond acceptors (Lipinski definition) is 4. The monoisotopic (exact) mass is 218 g/mol. The highest BCUT2D eigenvalue weighted by Crippen LogP contribution is 2.01. The summed E-state index contributed by atoms with van der Waals surface area (Å²) in [6.07, 6.45) is 0.546. The van der Waals surface area contributed by atoms with Crippen molar-refractivity contribution < 1.29 is 19.4 Å². The minimum atomic E-state index is -1.01. The van der Waals surface area contributed by atoms with Gasteiger partial charge in [0.1, 0.15) is 12.3 Å². The molecule has 0 rings (SSSR count). The molecule has 0 aromatic heterocycles. The van der Waals surface area contributed by atoms with Gasteiger partial charge in [0.15, 0.2) is 0 Å². The van der Waals surface area contributed by atoms with Gasteiger partial charge in [0.2, 0.25) is 5.91 Å². The van der Waals surface area contributed by atoms with Crippen LogP contribution in [0.3, 0.4) is 0 Å². The van der Waals surface area contributed by atoms with Gasteiger partial charge in [-0.2, -0.15) is 0 Å². The van der Waals surface area contributed by atoms with Crippen LogP contribution in [0.4, 0.5) is 0 Å². The number of primary amides is 1. The summed E-state index contributed by atoms with van der Waals surface area (Å²) in [6.45, 7) is 1.87. The third-order valence-corrected chi connectivity index (χ3v) is 2.02. The Morgan fingerprint density at radius 2 is 2.13 bits per heavy atom. The summed E-state index contributed by atoms with van der Waals surface area (Å²) in [5.41, 5.74) is 4.95. The molecular weight excluding hydrogens is 200 g/mol. The lowest BCUT2D eigenvalue weighted by molar-refractivity contribution is -0.141. The first-order valence-electron chi connectivity index (χ1n) is 4.81. The topological polar surface area (TPSA) is 102 Å². The number of carbonyl (C=O) groups is 2. The molecule has 88 valence electrons. The van der Waals surface area contributed by atoms with Crippen LogP contribution >= 0.6 is 0 Å². The number of carboxylic acids is 1. The highest BCUT2D eigenvalue weighted by Gasteiger charge is 2.20. The predicted molar refractivity (Wildman–Crippen MR) is 54.1 cm³/mol. The summed E-state index contributed by atoms with van der Waals surface area (Å²) >= 11 is 0. The van der Waals surface area contributed by atoms with E-state index in [4.69, 9.17) is 15.6 Å². The molecule has 0 fully saturated rings. The van der Waals surface area contributed by atoms with Gasteiger partial charge in [-0.25, -0.2) is 0 Å². The van der Waals surface area contributed by atoms with Crippen molar-refractivity contribution in [2.75, 3.05) is 7.11 Å². The Morgan fingerprint density at radius 3 is 2.47 bits per heavy atom. The number of nitrogens with one attached hydrogen (secondary N) is 1. The molecule has 15 heavy (non-hydrogen) atoms. The summed E-state index contributed by atoms with van der Waals surface area (Å²) in [5.74, 6) is -1.51. The number of ether oxygens (including phenoxy) is 1. The highest BCUT2D eigenvalue weighted by molar-refractivity contribution is 5.77. The highest BCUT2D eigenvalue weighted by atomic mass is 16.5. The maximum atomic E-state index is 10.8. The number of carboxylic acid groups (broad SMARTS) is 1. The fourth-order valence-corrected chi connectivity index (χ4v) is 1.14. The summed E-state index contributed by atoms with van der Waals surface area (Å²) in [4.78, 5) is 21.3. The Kier molecular flexibility index (Phi) is 6.64. The smallest absolute Gasteiger partial charge is 0.320 e. The van der Waals surface area contributed by atoms with Crippen molar-refractivity contribution >= 4 is 11.9 Å². The van der Waals surface area contributed by atoms with E-state index in [0.717, 1.165) is 0 Å². The minimum absolute atomic E-state index is 0.0457. The van der Waals surface area contributed by atoms with Crippen molar-refractivity contribution in [1.82, 2.24) is 5.32 Å². The number of aliphatic carboxylic acids is 1. The van der Waals surface area contributed by atoms with Gasteiger partial charge >= 0.3 is 5.97 Å². The molecule has 4 N–H and O–H groups in total. The lowest BCUT2D eigenvalue weighted by atomic mass is 10.1. The van der Waals surface area contributed by atoms with E-state index in [2.05, 4.69) is 5.32 Å². The van der Waals surface area contributed by atoms with Crippen LogP contribution in [-0.4, -0.2) is 36.4 Å². The minimum Gasteiger partial charge on any atom is -0.480 e. The van der Waals surface area contributed by atoms with E-state index < -0.39 is 17.9 Å². The van der Waals surface area contributed by atoms with Gasteiger partial charge in [-0.1, -0.05) is 6.92 Å². The number of amides is 1. The van der Waals surface area contributed by atoms with E-state index in [-0.39, 0.29) is 19.1 Å². The van der Waals surface area contributed by atoms with Crippen LogP contribution < -0.4 is 11.1 Å². The molecule has 0 radical (unpaired) electrons. The van der Waals surface area contributed by atoms with Crippen molar-refractivity contribution in [2.24, 2.45) is 5.73 Å². The van der Waals surface area contributed by atoms with Crippen molar-refractivity contribution in [3.8, 4) is 0 Å². The van der Waals surface area contributed by atoms with Crippen LogP contribution in [0, 0.1) is 0 Å². The average molecular weight is 218 g/mol. The maximum Gasteiger partial charge on any atom is 0.320 e. The summed E-state index contributed by atoms with van der Waals surface area (Å²) in [6, 6.07) is -0.803. The lowest BCUT2D eigenvalue weighted by Crippen LogP contribution is -2.44. The summed E-state index contributed by atoms with van der Waals surface area (Å²) in [7, 11) is 1.49. The van der Waals surface area contributed by atoms with Gasteiger partial charge in [-0.3, -0.25) is 14.9 Å². The zero-order valence-corrected chi connectivity index (χ0v) is 9.03. The van der Waals surface area contributed by atoms with Crippen molar-refractivity contribution in [1.29, 1.82) is 0 Å². The second-order valence-corrected chi connectivity index (χ2v) is 3.20. The van der Waals surface area contributed by atoms with Crippen molar-refractivity contribution in [2.45, 2.75) is 38.5 Å². The van der Waals surface area contributed by atoms with E-state index in [0.29, 0.717) is 6.42 Å². The first-order valence-corrected chi connectivity index (χ1v) is 4.81. The first kappa shape index (κ1) is 13.9. The molecule has 0 saturated carbocycles. The molecule has 0 aliphatic rings. The molecule has 1 amide bonds. The van der Waals surface area contributed by atoms with Crippen molar-refractivity contribution in [3.63, 3.8) is 0 Å². The molecule has 0 spiro atoms. The molecule has 2 unspecified atom stereocenters. The number of rotatable bonds is 8. The SMILES string of the molecule is CCC(NC(CCC(N)=O)C(=O)O)OC. The Balaban J connectivity index is 4.14. The zero-order chi connectivity index (χ0) is 11.8. The normalized spacial score (nSPS) is 14.5. The van der Waals surface area contributed by atoms with Crippen molar-refractivity contribution in [3.05, 3.63) is 0 Å². The average Bonchev–Trinajstić information content (AvgIpc) is 2.17. The fraction of sp³-hybridized carbons (Fsp3) is 0.778. The van der Waals surface area contributed by atoms with E-state index >= 15 is 0 Å². The molecule has 0 aromatic rings. The van der Waals surface area contributed by atoms with Crippen LogP contribution in [0.25, 0.3) is 0 Å². The van der Waals surface area contributed by atoms with E-state index in [1.165, 1.54) is 7.11 Å². The van der Waals surface area contributed by atoms with Gasteiger partial charge in [-0.15, -0.1) is 0 Å². The van der Waals surface area contributed by atoms with Gasteiger partial charge in [-0.05, 0) is 12.8 Å². The number of hydrogen-bond donors (Lipinski definition) is 3. The van der Waals surface area contributed by atoms with E-state index in [9.17, 15) is 9.59 Å².